The topological polar surface area (TPSA) is 29.1 Å². The second-order valence-corrected chi connectivity index (χ2v) is 4.70. The summed E-state index contributed by atoms with van der Waals surface area (Å²) in [5.74, 6) is 0.393. The third-order valence-corrected chi connectivity index (χ3v) is 3.06. The molecule has 0 spiro atoms. The van der Waals surface area contributed by atoms with Crippen molar-refractivity contribution in [1.29, 1.82) is 0 Å². The van der Waals surface area contributed by atoms with E-state index >= 15 is 0 Å². The molecule has 2 nitrogen and oxygen atoms in total. The third-order valence-electron chi connectivity index (χ3n) is 3.06. The van der Waals surface area contributed by atoms with Crippen LogP contribution in [0, 0.1) is 11.3 Å². The molecular weight excluding hydrogens is 186 g/mol. The van der Waals surface area contributed by atoms with Crippen LogP contribution < -0.4 is 5.32 Å². The van der Waals surface area contributed by atoms with Gasteiger partial charge in [0.2, 0.25) is 5.91 Å². The van der Waals surface area contributed by atoms with E-state index in [-0.39, 0.29) is 11.3 Å². The minimum absolute atomic E-state index is 0.0729. The third kappa shape index (κ3) is 2.82. The fraction of sp³-hybridized carbons (Fsp3) is 0.462. The highest BCUT2D eigenvalue weighted by atomic mass is 16.2. The molecule has 0 saturated heterocycles. The van der Waals surface area contributed by atoms with E-state index in [1.165, 1.54) is 0 Å². The van der Waals surface area contributed by atoms with E-state index in [1.807, 2.05) is 44.2 Å². The lowest BCUT2D eigenvalue weighted by atomic mass is 9.80. The van der Waals surface area contributed by atoms with Crippen molar-refractivity contribution in [2.45, 2.75) is 27.7 Å². The van der Waals surface area contributed by atoms with Crippen LogP contribution >= 0.6 is 0 Å². The van der Waals surface area contributed by atoms with Gasteiger partial charge in [-0.2, -0.15) is 0 Å². The highest BCUT2D eigenvalue weighted by Crippen LogP contribution is 2.27. The number of nitrogens with one attached hydrogen (secondary N) is 1. The summed E-state index contributed by atoms with van der Waals surface area (Å²) in [6.45, 7) is 8.06. The van der Waals surface area contributed by atoms with Crippen LogP contribution in [-0.2, 0) is 4.79 Å². The molecule has 1 N–H and O–H groups in total. The first-order chi connectivity index (χ1) is 6.94. The number of carbonyl (C=O) groups is 1. The summed E-state index contributed by atoms with van der Waals surface area (Å²) < 4.78 is 0. The number of rotatable bonds is 3. The van der Waals surface area contributed by atoms with Crippen LogP contribution in [0.15, 0.2) is 30.3 Å². The number of anilines is 1. The second-order valence-electron chi connectivity index (χ2n) is 4.70. The molecule has 1 aromatic rings. The summed E-state index contributed by atoms with van der Waals surface area (Å²) >= 11 is 0. The summed E-state index contributed by atoms with van der Waals surface area (Å²) in [6, 6.07) is 9.56. The number of carbonyl (C=O) groups excluding carboxylic acids is 1. The Morgan fingerprint density at radius 1 is 1.20 bits per heavy atom. The van der Waals surface area contributed by atoms with Gasteiger partial charge < -0.3 is 5.32 Å². The van der Waals surface area contributed by atoms with Crippen molar-refractivity contribution in [3.05, 3.63) is 30.3 Å². The number of amides is 1. The molecule has 0 aliphatic carbocycles. The van der Waals surface area contributed by atoms with E-state index in [0.29, 0.717) is 5.92 Å². The van der Waals surface area contributed by atoms with Crippen molar-refractivity contribution in [2.75, 3.05) is 5.32 Å². The molecule has 0 aromatic heterocycles. The van der Waals surface area contributed by atoms with Gasteiger partial charge in [-0.1, -0.05) is 45.9 Å². The molecule has 82 valence electrons. The van der Waals surface area contributed by atoms with Crippen LogP contribution in [0.3, 0.4) is 0 Å². The number of hydrogen-bond donors (Lipinski definition) is 1. The minimum Gasteiger partial charge on any atom is -0.326 e. The van der Waals surface area contributed by atoms with Gasteiger partial charge in [0.15, 0.2) is 0 Å². The molecule has 0 aliphatic rings. The maximum absolute atomic E-state index is 12.0. The van der Waals surface area contributed by atoms with Crippen LogP contribution in [0.1, 0.15) is 27.7 Å². The van der Waals surface area contributed by atoms with Crippen molar-refractivity contribution in [2.24, 2.45) is 11.3 Å². The smallest absolute Gasteiger partial charge is 0.230 e. The second kappa shape index (κ2) is 4.47. The summed E-state index contributed by atoms with van der Waals surface area (Å²) in [6.07, 6.45) is 0. The first-order valence-corrected chi connectivity index (χ1v) is 5.31. The van der Waals surface area contributed by atoms with E-state index in [4.69, 9.17) is 0 Å². The highest BCUT2D eigenvalue weighted by Gasteiger charge is 2.30. The summed E-state index contributed by atoms with van der Waals surface area (Å²) in [7, 11) is 0. The molecule has 0 atom stereocenters. The Hall–Kier alpha value is -1.31. The molecule has 1 amide bonds. The van der Waals surface area contributed by atoms with Gasteiger partial charge in [-0.25, -0.2) is 0 Å². The Balaban J connectivity index is 2.72. The van der Waals surface area contributed by atoms with Gasteiger partial charge in [-0.3, -0.25) is 4.79 Å². The van der Waals surface area contributed by atoms with E-state index in [2.05, 4.69) is 19.2 Å². The van der Waals surface area contributed by atoms with Gasteiger partial charge >= 0.3 is 0 Å². The lowest BCUT2D eigenvalue weighted by molar-refractivity contribution is -0.125. The maximum Gasteiger partial charge on any atom is 0.230 e. The zero-order valence-corrected chi connectivity index (χ0v) is 9.87. The van der Waals surface area contributed by atoms with Crippen molar-refractivity contribution < 1.29 is 4.79 Å². The number of hydrogen-bond acceptors (Lipinski definition) is 1. The normalized spacial score (nSPS) is 11.5. The fourth-order valence-electron chi connectivity index (χ4n) is 1.08. The first kappa shape index (κ1) is 11.8. The SMILES string of the molecule is CC(C)C(C)(C)C(=O)Nc1ccccc1. The zero-order valence-electron chi connectivity index (χ0n) is 9.87. The standard InChI is InChI=1S/C13H19NO/c1-10(2)13(3,4)12(15)14-11-8-6-5-7-9-11/h5-10H,1-4H3,(H,14,15). The molecule has 15 heavy (non-hydrogen) atoms. The molecule has 0 saturated carbocycles. The van der Waals surface area contributed by atoms with Crippen LogP contribution in [0.2, 0.25) is 0 Å². The van der Waals surface area contributed by atoms with Crippen LogP contribution in [0.5, 0.6) is 0 Å². The fourth-order valence-corrected chi connectivity index (χ4v) is 1.08. The quantitative estimate of drug-likeness (QED) is 0.806. The lowest BCUT2D eigenvalue weighted by Gasteiger charge is -2.27. The monoisotopic (exact) mass is 205 g/mol. The van der Waals surface area contributed by atoms with Gasteiger partial charge in [-0.15, -0.1) is 0 Å². The molecule has 0 radical (unpaired) electrons. The lowest BCUT2D eigenvalue weighted by Crippen LogP contribution is -2.35. The van der Waals surface area contributed by atoms with Crippen molar-refractivity contribution in [3.8, 4) is 0 Å². The van der Waals surface area contributed by atoms with Crippen LogP contribution in [-0.4, -0.2) is 5.91 Å². The predicted octanol–water partition coefficient (Wildman–Crippen LogP) is 3.31. The molecule has 0 unspecified atom stereocenters. The van der Waals surface area contributed by atoms with E-state index in [1.54, 1.807) is 0 Å². The summed E-state index contributed by atoms with van der Waals surface area (Å²) in [5.41, 5.74) is 0.520. The van der Waals surface area contributed by atoms with Gasteiger partial charge in [0.1, 0.15) is 0 Å². The molecule has 0 aliphatic heterocycles. The Labute approximate surface area is 91.7 Å². The average Bonchev–Trinajstić information content (AvgIpc) is 2.18. The zero-order chi connectivity index (χ0) is 11.5. The molecule has 0 fully saturated rings. The molecule has 2 heteroatoms. The largest absolute Gasteiger partial charge is 0.326 e. The predicted molar refractivity (Wildman–Crippen MR) is 63.7 cm³/mol. The van der Waals surface area contributed by atoms with Crippen LogP contribution in [0.4, 0.5) is 5.69 Å². The van der Waals surface area contributed by atoms with Crippen molar-refractivity contribution in [3.63, 3.8) is 0 Å². The number of benzene rings is 1. The van der Waals surface area contributed by atoms with Gasteiger partial charge in [0.05, 0.1) is 0 Å². The molecule has 1 rings (SSSR count). The van der Waals surface area contributed by atoms with Gasteiger partial charge in [-0.05, 0) is 18.1 Å². The van der Waals surface area contributed by atoms with Crippen molar-refractivity contribution in [1.82, 2.24) is 0 Å². The molecular formula is C13H19NO. The first-order valence-electron chi connectivity index (χ1n) is 5.31. The molecule has 0 heterocycles. The molecule has 0 bridgehead atoms. The Morgan fingerprint density at radius 2 is 1.73 bits per heavy atom. The Bertz CT molecular complexity index is 328. The number of para-hydroxylation sites is 1. The maximum atomic E-state index is 12.0. The van der Waals surface area contributed by atoms with Gasteiger partial charge in [0, 0.05) is 11.1 Å². The van der Waals surface area contributed by atoms with Crippen molar-refractivity contribution >= 4 is 11.6 Å². The minimum atomic E-state index is -0.337. The summed E-state index contributed by atoms with van der Waals surface area (Å²) in [5, 5.41) is 2.92. The highest BCUT2D eigenvalue weighted by molar-refractivity contribution is 5.94. The average molecular weight is 205 g/mol. The summed E-state index contributed by atoms with van der Waals surface area (Å²) in [4.78, 5) is 12.0. The van der Waals surface area contributed by atoms with Crippen LogP contribution in [0.25, 0.3) is 0 Å². The van der Waals surface area contributed by atoms with E-state index in [0.717, 1.165) is 5.69 Å². The van der Waals surface area contributed by atoms with E-state index in [9.17, 15) is 4.79 Å². The Kier molecular flexibility index (Phi) is 3.51. The molecule has 1 aromatic carbocycles. The van der Waals surface area contributed by atoms with Gasteiger partial charge in [0.25, 0.3) is 0 Å². The Morgan fingerprint density at radius 3 is 2.20 bits per heavy atom. The van der Waals surface area contributed by atoms with E-state index < -0.39 is 0 Å².